The molecule has 0 radical (unpaired) electrons. The minimum absolute atomic E-state index is 0.583. The molecule has 11 aromatic rings. The highest BCUT2D eigenvalue weighted by Gasteiger charge is 2.47. The van der Waals surface area contributed by atoms with Crippen molar-refractivity contribution in [3.8, 4) is 39.1 Å². The molecule has 0 saturated heterocycles. The number of fused-ring (bicyclic) bond motifs is 9. The van der Waals surface area contributed by atoms with Gasteiger partial charge in [-0.25, -0.2) is 0 Å². The number of aromatic nitrogens is 1. The van der Waals surface area contributed by atoms with E-state index in [0.717, 1.165) is 0 Å². The van der Waals surface area contributed by atoms with E-state index < -0.39 is 5.41 Å². The Balaban J connectivity index is 1.19. The Morgan fingerprint density at radius 3 is 1.59 bits per heavy atom. The number of benzene rings is 10. The summed E-state index contributed by atoms with van der Waals surface area (Å²) in [4.78, 5) is 0. The van der Waals surface area contributed by atoms with Crippen LogP contribution in [0.4, 0.5) is 0 Å². The lowest BCUT2D eigenvalue weighted by molar-refractivity contribution is 0.770. The standard InChI is InChI=1S/C57H37N/c1-3-15-38(16-4-1)42-20-13-22-44(33-42)57(45-23-14-21-43(34-45)39-17-5-2-6-18-39)53-27-11-9-25-48(53)51-37-56-52(36-54(51)57)49-26-10-12-28-55(49)58(56)46-32-31-41-30-29-40-19-7-8-24-47(40)50(41)35-46/h1-37H. The molecule has 1 aliphatic rings. The minimum Gasteiger partial charge on any atom is -0.309 e. The Labute approximate surface area is 337 Å². The Bertz CT molecular complexity index is 3310. The molecule has 0 unspecified atom stereocenters. The molecular formula is C57H37N. The summed E-state index contributed by atoms with van der Waals surface area (Å²) >= 11 is 0. The third-order valence-corrected chi connectivity index (χ3v) is 12.6. The molecule has 1 heterocycles. The SMILES string of the molecule is c1ccc(-c2cccc(C3(c4cccc(-c5ccccc5)c4)c4ccccc4-c4cc5c(cc43)c3ccccc3n5-c3ccc4ccc5ccccc5c4c3)c2)cc1. The van der Waals surface area contributed by atoms with Gasteiger partial charge in [-0.2, -0.15) is 0 Å². The molecule has 1 aromatic heterocycles. The van der Waals surface area contributed by atoms with Crippen LogP contribution in [0, 0.1) is 0 Å². The van der Waals surface area contributed by atoms with Gasteiger partial charge >= 0.3 is 0 Å². The van der Waals surface area contributed by atoms with Gasteiger partial charge in [0.2, 0.25) is 0 Å². The van der Waals surface area contributed by atoms with E-state index in [2.05, 4.69) is 229 Å². The fourth-order valence-corrected chi connectivity index (χ4v) is 10.1. The number of nitrogens with zero attached hydrogens (tertiary/aromatic N) is 1. The maximum Gasteiger partial charge on any atom is 0.0714 e. The van der Waals surface area contributed by atoms with Crippen molar-refractivity contribution in [2.75, 3.05) is 0 Å². The first-order chi connectivity index (χ1) is 28.8. The van der Waals surface area contributed by atoms with Crippen LogP contribution in [0.15, 0.2) is 224 Å². The second-order valence-electron chi connectivity index (χ2n) is 15.6. The summed E-state index contributed by atoms with van der Waals surface area (Å²) in [5.74, 6) is 0. The van der Waals surface area contributed by atoms with E-state index in [1.54, 1.807) is 0 Å². The summed E-state index contributed by atoms with van der Waals surface area (Å²) in [6.45, 7) is 0. The van der Waals surface area contributed by atoms with Gasteiger partial charge in [0.05, 0.1) is 16.4 Å². The Morgan fingerprint density at radius 2 is 0.862 bits per heavy atom. The lowest BCUT2D eigenvalue weighted by Crippen LogP contribution is -2.28. The highest BCUT2D eigenvalue weighted by Crippen LogP contribution is 2.58. The predicted octanol–water partition coefficient (Wildman–Crippen LogP) is 14.8. The molecule has 270 valence electrons. The highest BCUT2D eigenvalue weighted by molar-refractivity contribution is 6.13. The summed E-state index contributed by atoms with van der Waals surface area (Å²) in [7, 11) is 0. The maximum atomic E-state index is 2.53. The smallest absolute Gasteiger partial charge is 0.0714 e. The second-order valence-corrected chi connectivity index (χ2v) is 15.6. The molecule has 1 heteroatoms. The van der Waals surface area contributed by atoms with Crippen LogP contribution >= 0.6 is 0 Å². The van der Waals surface area contributed by atoms with Crippen molar-refractivity contribution >= 4 is 43.4 Å². The van der Waals surface area contributed by atoms with Crippen molar-refractivity contribution in [3.05, 3.63) is 247 Å². The van der Waals surface area contributed by atoms with Crippen LogP contribution in [0.3, 0.4) is 0 Å². The first-order valence-corrected chi connectivity index (χ1v) is 20.2. The molecule has 0 amide bonds. The normalized spacial score (nSPS) is 13.0. The van der Waals surface area contributed by atoms with Crippen LogP contribution < -0.4 is 0 Å². The summed E-state index contributed by atoms with van der Waals surface area (Å²) in [6, 6.07) is 83.4. The fourth-order valence-electron chi connectivity index (χ4n) is 10.1. The van der Waals surface area contributed by atoms with Crippen LogP contribution in [0.2, 0.25) is 0 Å². The van der Waals surface area contributed by atoms with Crippen LogP contribution in [-0.4, -0.2) is 4.57 Å². The predicted molar refractivity (Wildman–Crippen MR) is 244 cm³/mol. The Hall–Kier alpha value is -7.48. The topological polar surface area (TPSA) is 4.93 Å². The van der Waals surface area contributed by atoms with Gasteiger partial charge in [0.15, 0.2) is 0 Å². The van der Waals surface area contributed by atoms with Crippen LogP contribution in [-0.2, 0) is 5.41 Å². The van der Waals surface area contributed by atoms with Crippen LogP contribution in [0.5, 0.6) is 0 Å². The third-order valence-electron chi connectivity index (χ3n) is 12.6. The fraction of sp³-hybridized carbons (Fsp3) is 0.0175. The minimum atomic E-state index is -0.583. The van der Waals surface area contributed by atoms with Gasteiger partial charge in [-0.1, -0.05) is 182 Å². The van der Waals surface area contributed by atoms with Gasteiger partial charge in [-0.3, -0.25) is 0 Å². The van der Waals surface area contributed by atoms with E-state index in [0.29, 0.717) is 0 Å². The van der Waals surface area contributed by atoms with Gasteiger partial charge in [-0.05, 0) is 120 Å². The molecule has 0 bridgehead atoms. The van der Waals surface area contributed by atoms with Gasteiger partial charge in [0.1, 0.15) is 0 Å². The molecule has 12 rings (SSSR count). The lowest BCUT2D eigenvalue weighted by Gasteiger charge is -2.34. The van der Waals surface area contributed by atoms with Crippen LogP contribution in [0.25, 0.3) is 82.4 Å². The maximum absolute atomic E-state index is 2.53. The third kappa shape index (κ3) is 4.77. The molecule has 0 N–H and O–H groups in total. The molecule has 0 fully saturated rings. The highest BCUT2D eigenvalue weighted by atomic mass is 15.0. The molecule has 58 heavy (non-hydrogen) atoms. The van der Waals surface area contributed by atoms with Crippen molar-refractivity contribution in [2.24, 2.45) is 0 Å². The van der Waals surface area contributed by atoms with Crippen molar-refractivity contribution in [1.29, 1.82) is 0 Å². The summed E-state index contributed by atoms with van der Waals surface area (Å²) in [6.07, 6.45) is 0. The molecule has 0 atom stereocenters. The van der Waals surface area contributed by atoms with E-state index in [1.807, 2.05) is 0 Å². The summed E-state index contributed by atoms with van der Waals surface area (Å²) in [5, 5.41) is 7.55. The average molecular weight is 736 g/mol. The molecular weight excluding hydrogens is 699 g/mol. The number of hydrogen-bond acceptors (Lipinski definition) is 0. The van der Waals surface area contributed by atoms with Gasteiger partial charge < -0.3 is 4.57 Å². The van der Waals surface area contributed by atoms with Crippen molar-refractivity contribution in [1.82, 2.24) is 4.57 Å². The lowest BCUT2D eigenvalue weighted by atomic mass is 9.67. The summed E-state index contributed by atoms with van der Waals surface area (Å²) < 4.78 is 2.49. The molecule has 1 nitrogen and oxygen atoms in total. The zero-order chi connectivity index (χ0) is 38.2. The average Bonchev–Trinajstić information content (AvgIpc) is 3.78. The van der Waals surface area contributed by atoms with Gasteiger partial charge in [0.25, 0.3) is 0 Å². The molecule has 0 saturated carbocycles. The largest absolute Gasteiger partial charge is 0.309 e. The van der Waals surface area contributed by atoms with Gasteiger partial charge in [0, 0.05) is 16.5 Å². The molecule has 0 aliphatic heterocycles. The van der Waals surface area contributed by atoms with E-state index >= 15 is 0 Å². The number of hydrogen-bond donors (Lipinski definition) is 0. The molecule has 10 aromatic carbocycles. The first kappa shape index (κ1) is 32.7. The van der Waals surface area contributed by atoms with Crippen molar-refractivity contribution in [2.45, 2.75) is 5.41 Å². The zero-order valence-corrected chi connectivity index (χ0v) is 31.8. The number of para-hydroxylation sites is 1. The van der Waals surface area contributed by atoms with Crippen molar-refractivity contribution < 1.29 is 0 Å². The molecule has 0 spiro atoms. The van der Waals surface area contributed by atoms with Crippen LogP contribution in [0.1, 0.15) is 22.3 Å². The second kappa shape index (κ2) is 12.8. The van der Waals surface area contributed by atoms with E-state index in [4.69, 9.17) is 0 Å². The molecule has 1 aliphatic carbocycles. The van der Waals surface area contributed by atoms with E-state index in [-0.39, 0.29) is 0 Å². The summed E-state index contributed by atoms with van der Waals surface area (Å²) in [5.41, 5.74) is 15.5. The van der Waals surface area contributed by atoms with E-state index in [1.165, 1.54) is 105 Å². The monoisotopic (exact) mass is 735 g/mol. The first-order valence-electron chi connectivity index (χ1n) is 20.2. The van der Waals surface area contributed by atoms with E-state index in [9.17, 15) is 0 Å². The number of rotatable bonds is 5. The Morgan fingerprint density at radius 1 is 0.293 bits per heavy atom. The quantitative estimate of drug-likeness (QED) is 0.155. The Kier molecular flexibility index (Phi) is 7.21. The zero-order valence-electron chi connectivity index (χ0n) is 31.8. The van der Waals surface area contributed by atoms with Gasteiger partial charge in [-0.15, -0.1) is 0 Å². The van der Waals surface area contributed by atoms with Crippen molar-refractivity contribution in [3.63, 3.8) is 0 Å².